The summed E-state index contributed by atoms with van der Waals surface area (Å²) in [7, 11) is 0. The number of amides is 1. The zero-order valence-corrected chi connectivity index (χ0v) is 13.2. The van der Waals surface area contributed by atoms with Gasteiger partial charge in [0.15, 0.2) is 0 Å². The molecule has 0 bridgehead atoms. The maximum atomic E-state index is 12.5. The van der Waals surface area contributed by atoms with Crippen molar-refractivity contribution in [1.29, 1.82) is 0 Å². The predicted octanol–water partition coefficient (Wildman–Crippen LogP) is 2.92. The van der Waals surface area contributed by atoms with Crippen LogP contribution in [0.1, 0.15) is 23.1 Å². The molecule has 0 spiro atoms. The minimum atomic E-state index is 0.164. The SMILES string of the molecule is Cc1ccccc1CCC(=O)N(CCN)Cc1ccccc1. The molecule has 0 fully saturated rings. The summed E-state index contributed by atoms with van der Waals surface area (Å²) in [5.41, 5.74) is 9.28. The molecule has 2 N–H and O–H groups in total. The molecule has 116 valence electrons. The molecule has 1 amide bonds. The second kappa shape index (κ2) is 8.35. The average Bonchev–Trinajstić information content (AvgIpc) is 2.54. The highest BCUT2D eigenvalue weighted by Crippen LogP contribution is 2.12. The molecule has 22 heavy (non-hydrogen) atoms. The van der Waals surface area contributed by atoms with Gasteiger partial charge in [-0.1, -0.05) is 54.6 Å². The van der Waals surface area contributed by atoms with Crippen LogP contribution >= 0.6 is 0 Å². The monoisotopic (exact) mass is 296 g/mol. The molecule has 0 aromatic heterocycles. The van der Waals surface area contributed by atoms with Gasteiger partial charge in [0, 0.05) is 26.1 Å². The first-order valence-corrected chi connectivity index (χ1v) is 7.77. The van der Waals surface area contributed by atoms with Gasteiger partial charge >= 0.3 is 0 Å². The summed E-state index contributed by atoms with van der Waals surface area (Å²) in [5, 5.41) is 0. The van der Waals surface area contributed by atoms with Gasteiger partial charge in [0.25, 0.3) is 0 Å². The number of benzene rings is 2. The number of nitrogens with two attached hydrogens (primary N) is 1. The molecule has 0 unspecified atom stereocenters. The smallest absolute Gasteiger partial charge is 0.223 e. The van der Waals surface area contributed by atoms with E-state index in [1.54, 1.807) is 0 Å². The lowest BCUT2D eigenvalue weighted by Gasteiger charge is -2.22. The van der Waals surface area contributed by atoms with Crippen LogP contribution in [0, 0.1) is 6.92 Å². The van der Waals surface area contributed by atoms with Gasteiger partial charge in [-0.3, -0.25) is 4.79 Å². The fraction of sp³-hybridized carbons (Fsp3) is 0.316. The summed E-state index contributed by atoms with van der Waals surface area (Å²) < 4.78 is 0. The lowest BCUT2D eigenvalue weighted by atomic mass is 10.0. The molecule has 0 aliphatic carbocycles. The first-order valence-electron chi connectivity index (χ1n) is 7.77. The molecular formula is C19H24N2O. The van der Waals surface area contributed by atoms with E-state index in [1.807, 2.05) is 47.4 Å². The van der Waals surface area contributed by atoms with Crippen LogP contribution in [-0.4, -0.2) is 23.9 Å². The van der Waals surface area contributed by atoms with E-state index >= 15 is 0 Å². The van der Waals surface area contributed by atoms with Crippen LogP contribution in [0.15, 0.2) is 54.6 Å². The molecule has 0 aliphatic heterocycles. The fourth-order valence-electron chi connectivity index (χ4n) is 2.54. The minimum Gasteiger partial charge on any atom is -0.337 e. The van der Waals surface area contributed by atoms with E-state index < -0.39 is 0 Å². The van der Waals surface area contributed by atoms with E-state index in [-0.39, 0.29) is 5.91 Å². The summed E-state index contributed by atoms with van der Waals surface area (Å²) >= 11 is 0. The first kappa shape index (κ1) is 16.2. The van der Waals surface area contributed by atoms with Crippen LogP contribution in [0.2, 0.25) is 0 Å². The third-order valence-corrected chi connectivity index (χ3v) is 3.84. The zero-order valence-electron chi connectivity index (χ0n) is 13.2. The van der Waals surface area contributed by atoms with E-state index in [1.165, 1.54) is 11.1 Å². The lowest BCUT2D eigenvalue weighted by Crippen LogP contribution is -2.35. The molecular weight excluding hydrogens is 272 g/mol. The molecule has 0 saturated carbocycles. The third kappa shape index (κ3) is 4.71. The number of hydrogen-bond acceptors (Lipinski definition) is 2. The molecule has 2 aromatic carbocycles. The molecule has 0 saturated heterocycles. The number of hydrogen-bond donors (Lipinski definition) is 1. The quantitative estimate of drug-likeness (QED) is 0.854. The Morgan fingerprint density at radius 1 is 1.05 bits per heavy atom. The summed E-state index contributed by atoms with van der Waals surface area (Å²) in [4.78, 5) is 14.3. The van der Waals surface area contributed by atoms with E-state index in [2.05, 4.69) is 19.1 Å². The van der Waals surface area contributed by atoms with Crippen molar-refractivity contribution in [3.05, 3.63) is 71.3 Å². The number of carbonyl (C=O) groups is 1. The Hall–Kier alpha value is -2.13. The van der Waals surface area contributed by atoms with Crippen molar-refractivity contribution in [2.24, 2.45) is 5.73 Å². The summed E-state index contributed by atoms with van der Waals surface area (Å²) in [6, 6.07) is 18.3. The molecule has 0 heterocycles. The normalized spacial score (nSPS) is 10.5. The third-order valence-electron chi connectivity index (χ3n) is 3.84. The molecule has 2 aromatic rings. The fourth-order valence-corrected chi connectivity index (χ4v) is 2.54. The first-order chi connectivity index (χ1) is 10.7. The topological polar surface area (TPSA) is 46.3 Å². The Morgan fingerprint density at radius 2 is 1.73 bits per heavy atom. The van der Waals surface area contributed by atoms with Crippen LogP contribution in [-0.2, 0) is 17.8 Å². The van der Waals surface area contributed by atoms with Gasteiger partial charge in [-0.05, 0) is 30.0 Å². The average molecular weight is 296 g/mol. The second-order valence-corrected chi connectivity index (χ2v) is 5.52. The Labute approximate surface area is 132 Å². The Bertz CT molecular complexity index is 595. The Balaban J connectivity index is 1.96. The van der Waals surface area contributed by atoms with Crippen molar-refractivity contribution < 1.29 is 4.79 Å². The van der Waals surface area contributed by atoms with Crippen LogP contribution in [0.5, 0.6) is 0 Å². The maximum absolute atomic E-state index is 12.5. The van der Waals surface area contributed by atoms with Crippen molar-refractivity contribution in [2.75, 3.05) is 13.1 Å². The molecule has 3 nitrogen and oxygen atoms in total. The number of nitrogens with zero attached hydrogens (tertiary/aromatic N) is 1. The second-order valence-electron chi connectivity index (χ2n) is 5.52. The van der Waals surface area contributed by atoms with Gasteiger partial charge in [-0.15, -0.1) is 0 Å². The zero-order chi connectivity index (χ0) is 15.8. The highest BCUT2D eigenvalue weighted by atomic mass is 16.2. The van der Waals surface area contributed by atoms with Gasteiger partial charge in [0.2, 0.25) is 5.91 Å². The standard InChI is InChI=1S/C19H24N2O/c1-16-7-5-6-10-18(16)11-12-19(22)21(14-13-20)15-17-8-3-2-4-9-17/h2-10H,11-15,20H2,1H3. The Morgan fingerprint density at radius 3 is 2.41 bits per heavy atom. The van der Waals surface area contributed by atoms with Crippen LogP contribution in [0.3, 0.4) is 0 Å². The van der Waals surface area contributed by atoms with Crippen molar-refractivity contribution in [1.82, 2.24) is 4.90 Å². The van der Waals surface area contributed by atoms with Gasteiger partial charge in [0.05, 0.1) is 0 Å². The van der Waals surface area contributed by atoms with Gasteiger partial charge in [-0.25, -0.2) is 0 Å². The Kier molecular flexibility index (Phi) is 6.16. The summed E-state index contributed by atoms with van der Waals surface area (Å²) in [6.07, 6.45) is 1.30. The van der Waals surface area contributed by atoms with Crippen molar-refractivity contribution >= 4 is 5.91 Å². The lowest BCUT2D eigenvalue weighted by molar-refractivity contribution is -0.131. The maximum Gasteiger partial charge on any atom is 0.223 e. The van der Waals surface area contributed by atoms with Crippen LogP contribution in [0.4, 0.5) is 0 Å². The van der Waals surface area contributed by atoms with E-state index in [0.717, 1.165) is 12.0 Å². The van der Waals surface area contributed by atoms with E-state index in [9.17, 15) is 4.79 Å². The van der Waals surface area contributed by atoms with Crippen LogP contribution < -0.4 is 5.73 Å². The minimum absolute atomic E-state index is 0.164. The van der Waals surface area contributed by atoms with Gasteiger partial charge < -0.3 is 10.6 Å². The van der Waals surface area contributed by atoms with Crippen molar-refractivity contribution in [3.8, 4) is 0 Å². The summed E-state index contributed by atoms with van der Waals surface area (Å²) in [5.74, 6) is 0.164. The number of rotatable bonds is 7. The molecule has 3 heteroatoms. The van der Waals surface area contributed by atoms with Crippen LogP contribution in [0.25, 0.3) is 0 Å². The highest BCUT2D eigenvalue weighted by Gasteiger charge is 2.13. The summed E-state index contributed by atoms with van der Waals surface area (Å²) in [6.45, 7) is 3.80. The molecule has 0 atom stereocenters. The largest absolute Gasteiger partial charge is 0.337 e. The number of aryl methyl sites for hydroxylation is 2. The van der Waals surface area contributed by atoms with Crippen molar-refractivity contribution in [3.63, 3.8) is 0 Å². The van der Waals surface area contributed by atoms with Gasteiger partial charge in [0.1, 0.15) is 0 Å². The highest BCUT2D eigenvalue weighted by molar-refractivity contribution is 5.76. The van der Waals surface area contributed by atoms with E-state index in [4.69, 9.17) is 5.73 Å². The predicted molar refractivity (Wildman–Crippen MR) is 90.4 cm³/mol. The van der Waals surface area contributed by atoms with E-state index in [0.29, 0.717) is 26.1 Å². The van der Waals surface area contributed by atoms with Gasteiger partial charge in [-0.2, -0.15) is 0 Å². The molecule has 0 aliphatic rings. The molecule has 0 radical (unpaired) electrons. The molecule has 2 rings (SSSR count). The number of carbonyl (C=O) groups excluding carboxylic acids is 1. The van der Waals surface area contributed by atoms with Crippen molar-refractivity contribution in [2.45, 2.75) is 26.3 Å².